The van der Waals surface area contributed by atoms with Crippen molar-refractivity contribution >= 4 is 16.8 Å². The molecule has 0 radical (unpaired) electrons. The fourth-order valence-corrected chi connectivity index (χ4v) is 3.23. The number of nitrogens with zero attached hydrogens (tertiary/aromatic N) is 1. The smallest absolute Gasteiger partial charge is 0.387 e. The molecule has 25 heavy (non-hydrogen) atoms. The molecule has 8 heteroatoms. The topological polar surface area (TPSA) is 88.2 Å². The number of hydrogen-bond donors (Lipinski definition) is 3. The molecule has 0 aliphatic carbocycles. The van der Waals surface area contributed by atoms with Crippen molar-refractivity contribution in [2.45, 2.75) is 37.6 Å². The van der Waals surface area contributed by atoms with E-state index < -0.39 is 23.9 Å². The van der Waals surface area contributed by atoms with Crippen LogP contribution in [0.4, 0.5) is 13.2 Å². The highest BCUT2D eigenvalue weighted by Crippen LogP contribution is 2.35. The first-order valence-electron chi connectivity index (χ1n) is 8.01. The van der Waals surface area contributed by atoms with Gasteiger partial charge in [0, 0.05) is 11.4 Å². The second kappa shape index (κ2) is 6.61. The van der Waals surface area contributed by atoms with Crippen molar-refractivity contribution in [3.05, 3.63) is 41.1 Å². The number of carbonyl (C=O) groups excluding carboxylic acids is 1. The number of halogens is 3. The first-order valence-corrected chi connectivity index (χ1v) is 8.01. The normalized spacial score (nSPS) is 19.8. The van der Waals surface area contributed by atoms with Gasteiger partial charge in [0.1, 0.15) is 5.69 Å². The quantitative estimate of drug-likeness (QED) is 0.791. The zero-order valence-corrected chi connectivity index (χ0v) is 13.3. The number of fused-ring (bicyclic) bond motifs is 1. The average molecular weight is 353 g/mol. The van der Waals surface area contributed by atoms with Crippen LogP contribution in [0.1, 0.15) is 47.0 Å². The number of aliphatic hydroxyl groups is 1. The molecule has 0 saturated carbocycles. The van der Waals surface area contributed by atoms with Crippen LogP contribution in [0.15, 0.2) is 24.3 Å². The minimum Gasteiger partial charge on any atom is -0.387 e. The van der Waals surface area contributed by atoms with Crippen molar-refractivity contribution in [2.75, 3.05) is 6.54 Å². The van der Waals surface area contributed by atoms with Crippen molar-refractivity contribution in [1.82, 2.24) is 10.3 Å². The molecule has 1 amide bonds. The minimum absolute atomic E-state index is 0.0971. The standard InChI is InChI=1S/C17H18F3N3O2/c18-17(19,20)13-8-11(15(24)12-6-1-2-7-22-12)9-4-3-5-10(16(21)25)14(9)23-13/h3-5,8,12,15,22,24H,1-2,6-7H2,(H2,21,25). The van der Waals surface area contributed by atoms with Crippen LogP contribution in [0.2, 0.25) is 0 Å². The maximum absolute atomic E-state index is 13.3. The van der Waals surface area contributed by atoms with Crippen LogP contribution in [0.3, 0.4) is 0 Å². The van der Waals surface area contributed by atoms with Gasteiger partial charge >= 0.3 is 6.18 Å². The zero-order chi connectivity index (χ0) is 18.2. The number of amides is 1. The highest BCUT2D eigenvalue weighted by molar-refractivity contribution is 6.05. The maximum atomic E-state index is 13.3. The van der Waals surface area contributed by atoms with Crippen LogP contribution in [0.5, 0.6) is 0 Å². The van der Waals surface area contributed by atoms with Gasteiger partial charge in [-0.15, -0.1) is 0 Å². The second-order valence-electron chi connectivity index (χ2n) is 6.16. The Morgan fingerprint density at radius 3 is 2.72 bits per heavy atom. The van der Waals surface area contributed by atoms with E-state index in [1.807, 2.05) is 0 Å². The Labute approximate surface area is 142 Å². The highest BCUT2D eigenvalue weighted by atomic mass is 19.4. The van der Waals surface area contributed by atoms with E-state index in [2.05, 4.69) is 10.3 Å². The summed E-state index contributed by atoms with van der Waals surface area (Å²) in [5.41, 5.74) is 3.97. The summed E-state index contributed by atoms with van der Waals surface area (Å²) < 4.78 is 39.8. The van der Waals surface area contributed by atoms with E-state index in [9.17, 15) is 23.1 Å². The largest absolute Gasteiger partial charge is 0.433 e. The second-order valence-corrected chi connectivity index (χ2v) is 6.16. The summed E-state index contributed by atoms with van der Waals surface area (Å²) >= 11 is 0. The fourth-order valence-electron chi connectivity index (χ4n) is 3.23. The van der Waals surface area contributed by atoms with Crippen LogP contribution >= 0.6 is 0 Å². The van der Waals surface area contributed by atoms with Gasteiger partial charge in [0.25, 0.3) is 5.91 Å². The summed E-state index contributed by atoms with van der Waals surface area (Å²) in [5, 5.41) is 14.1. The van der Waals surface area contributed by atoms with Crippen LogP contribution < -0.4 is 11.1 Å². The molecule has 3 rings (SSSR count). The third kappa shape index (κ3) is 3.45. The molecule has 4 N–H and O–H groups in total. The van der Waals surface area contributed by atoms with E-state index in [1.165, 1.54) is 18.2 Å². The lowest BCUT2D eigenvalue weighted by Gasteiger charge is -2.29. The van der Waals surface area contributed by atoms with Gasteiger partial charge in [-0.05, 0) is 37.1 Å². The third-order valence-electron chi connectivity index (χ3n) is 4.48. The molecule has 5 nitrogen and oxygen atoms in total. The van der Waals surface area contributed by atoms with Gasteiger partial charge in [-0.25, -0.2) is 4.98 Å². The molecular formula is C17H18F3N3O2. The van der Waals surface area contributed by atoms with Gasteiger partial charge in [0.2, 0.25) is 0 Å². The fraction of sp³-hybridized carbons (Fsp3) is 0.412. The first kappa shape index (κ1) is 17.6. The number of alkyl halides is 3. The lowest BCUT2D eigenvalue weighted by atomic mass is 9.91. The summed E-state index contributed by atoms with van der Waals surface area (Å²) in [4.78, 5) is 15.2. The van der Waals surface area contributed by atoms with Crippen molar-refractivity contribution < 1.29 is 23.1 Å². The predicted molar refractivity (Wildman–Crippen MR) is 85.9 cm³/mol. The number of aliphatic hydroxyl groups excluding tert-OH is 1. The SMILES string of the molecule is NC(=O)c1cccc2c(C(O)C3CCCCN3)cc(C(F)(F)F)nc12. The van der Waals surface area contributed by atoms with Crippen molar-refractivity contribution in [3.63, 3.8) is 0 Å². The number of benzene rings is 1. The molecule has 1 aliphatic rings. The van der Waals surface area contributed by atoms with Gasteiger partial charge < -0.3 is 16.2 Å². The predicted octanol–water partition coefficient (Wildman–Crippen LogP) is 2.53. The molecule has 134 valence electrons. The molecular weight excluding hydrogens is 335 g/mol. The Hall–Kier alpha value is -2.19. The van der Waals surface area contributed by atoms with Crippen molar-refractivity contribution in [1.29, 1.82) is 0 Å². The Bertz CT molecular complexity index is 802. The summed E-state index contributed by atoms with van der Waals surface area (Å²) in [5.74, 6) is -0.867. The number of hydrogen-bond acceptors (Lipinski definition) is 4. The molecule has 1 aromatic heterocycles. The Morgan fingerprint density at radius 1 is 1.36 bits per heavy atom. The summed E-state index contributed by atoms with van der Waals surface area (Å²) in [6, 6.07) is 4.89. The van der Waals surface area contributed by atoms with E-state index in [4.69, 9.17) is 5.73 Å². The monoisotopic (exact) mass is 353 g/mol. The van der Waals surface area contributed by atoms with Crippen LogP contribution in [-0.4, -0.2) is 28.6 Å². The lowest BCUT2D eigenvalue weighted by Crippen LogP contribution is -2.39. The molecule has 1 saturated heterocycles. The lowest BCUT2D eigenvalue weighted by molar-refractivity contribution is -0.141. The third-order valence-corrected chi connectivity index (χ3v) is 4.48. The van der Waals surface area contributed by atoms with Crippen molar-refractivity contribution in [3.8, 4) is 0 Å². The Kier molecular flexibility index (Phi) is 4.66. The molecule has 2 unspecified atom stereocenters. The number of pyridine rings is 1. The molecule has 2 aromatic rings. The number of aromatic nitrogens is 1. The Morgan fingerprint density at radius 2 is 2.12 bits per heavy atom. The summed E-state index contributed by atoms with van der Waals surface area (Å²) in [6.07, 6.45) is -3.35. The Balaban J connectivity index is 2.21. The molecule has 0 spiro atoms. The number of carbonyl (C=O) groups is 1. The van der Waals surface area contributed by atoms with Crippen LogP contribution in [-0.2, 0) is 6.18 Å². The number of rotatable bonds is 3. The van der Waals surface area contributed by atoms with E-state index in [1.54, 1.807) is 0 Å². The van der Waals surface area contributed by atoms with Gasteiger partial charge in [-0.1, -0.05) is 18.6 Å². The number of primary amides is 1. The number of nitrogens with one attached hydrogen (secondary N) is 1. The van der Waals surface area contributed by atoms with Gasteiger partial charge in [0.05, 0.1) is 17.2 Å². The molecule has 2 heterocycles. The molecule has 1 fully saturated rings. The van der Waals surface area contributed by atoms with Gasteiger partial charge in [-0.3, -0.25) is 4.79 Å². The number of piperidine rings is 1. The molecule has 0 bridgehead atoms. The van der Waals surface area contributed by atoms with Gasteiger partial charge in [-0.2, -0.15) is 13.2 Å². The van der Waals surface area contributed by atoms with Crippen molar-refractivity contribution in [2.24, 2.45) is 5.73 Å². The van der Waals surface area contributed by atoms with Gasteiger partial charge in [0.15, 0.2) is 0 Å². The summed E-state index contributed by atoms with van der Waals surface area (Å²) in [6.45, 7) is 0.698. The molecule has 1 aromatic carbocycles. The first-order chi connectivity index (χ1) is 11.8. The van der Waals surface area contributed by atoms with E-state index in [-0.39, 0.29) is 22.7 Å². The molecule has 2 atom stereocenters. The van der Waals surface area contributed by atoms with E-state index >= 15 is 0 Å². The molecule has 1 aliphatic heterocycles. The van der Waals surface area contributed by atoms with E-state index in [0.717, 1.165) is 18.9 Å². The minimum atomic E-state index is -4.70. The average Bonchev–Trinajstić information content (AvgIpc) is 2.59. The highest BCUT2D eigenvalue weighted by Gasteiger charge is 2.35. The zero-order valence-electron chi connectivity index (χ0n) is 13.3. The van der Waals surface area contributed by atoms with Crippen LogP contribution in [0, 0.1) is 0 Å². The number of para-hydroxylation sites is 1. The number of nitrogens with two attached hydrogens (primary N) is 1. The van der Waals surface area contributed by atoms with E-state index in [0.29, 0.717) is 18.4 Å². The van der Waals surface area contributed by atoms with Crippen LogP contribution in [0.25, 0.3) is 10.9 Å². The summed E-state index contributed by atoms with van der Waals surface area (Å²) in [7, 11) is 0. The maximum Gasteiger partial charge on any atom is 0.433 e.